The van der Waals surface area contributed by atoms with Gasteiger partial charge in [0.2, 0.25) is 0 Å². The van der Waals surface area contributed by atoms with Gasteiger partial charge in [-0.3, -0.25) is 9.88 Å². The number of aromatic nitrogens is 1. The Bertz CT molecular complexity index is 661. The molecule has 1 N–H and O–H groups in total. The van der Waals surface area contributed by atoms with Gasteiger partial charge in [0.05, 0.1) is 5.69 Å². The van der Waals surface area contributed by atoms with Crippen molar-refractivity contribution >= 4 is 47.7 Å². The molecule has 3 rings (SSSR count). The Morgan fingerprint density at radius 1 is 1.08 bits per heavy atom. The van der Waals surface area contributed by atoms with Gasteiger partial charge in [-0.2, -0.15) is 0 Å². The molecule has 1 aliphatic rings. The summed E-state index contributed by atoms with van der Waals surface area (Å²) in [6.45, 7) is 5.52. The minimum absolute atomic E-state index is 0. The van der Waals surface area contributed by atoms with E-state index >= 15 is 0 Å². The van der Waals surface area contributed by atoms with Crippen LogP contribution in [0.1, 0.15) is 11.3 Å². The zero-order valence-electron chi connectivity index (χ0n) is 14.2. The molecule has 0 saturated carbocycles. The monoisotopic (exact) mass is 398 g/mol. The second kappa shape index (κ2) is 10.7. The summed E-state index contributed by atoms with van der Waals surface area (Å²) in [4.78, 5) is 9.81. The van der Waals surface area contributed by atoms with E-state index in [1.165, 1.54) is 5.56 Å². The summed E-state index contributed by atoms with van der Waals surface area (Å²) in [7, 11) is 2.18. The Balaban J connectivity index is 0.00000156. The van der Waals surface area contributed by atoms with Crippen LogP contribution in [0.15, 0.2) is 48.7 Å². The number of nitrogens with one attached hydrogen (secondary N) is 1. The summed E-state index contributed by atoms with van der Waals surface area (Å²) in [6.07, 6.45) is 1.76. The van der Waals surface area contributed by atoms with Gasteiger partial charge in [0.15, 0.2) is 0 Å². The number of pyridine rings is 1. The number of anilines is 1. The maximum absolute atomic E-state index is 5.43. The molecule has 2 heterocycles. The predicted molar refractivity (Wildman–Crippen MR) is 113 cm³/mol. The number of hydrogen-bond donors (Lipinski definition) is 1. The molecule has 1 aliphatic heterocycles. The van der Waals surface area contributed by atoms with E-state index < -0.39 is 0 Å². The first-order chi connectivity index (χ1) is 11.2. The first-order valence-corrected chi connectivity index (χ1v) is 8.34. The Morgan fingerprint density at radius 3 is 2.52 bits per heavy atom. The molecule has 0 aliphatic carbocycles. The van der Waals surface area contributed by atoms with Gasteiger partial charge in [-0.25, -0.2) is 0 Å². The summed E-state index contributed by atoms with van der Waals surface area (Å²) >= 11 is 5.43. The summed E-state index contributed by atoms with van der Waals surface area (Å²) in [6, 6.07) is 14.2. The lowest BCUT2D eigenvalue weighted by atomic mass is 10.1. The Hall–Kier alpha value is -1.24. The molecule has 0 unspecified atom stereocenters. The Morgan fingerprint density at radius 2 is 1.84 bits per heavy atom. The molecule has 1 saturated heterocycles. The molecule has 136 valence electrons. The molecule has 0 spiro atoms. The van der Waals surface area contributed by atoms with Crippen LogP contribution < -0.4 is 5.32 Å². The number of halogens is 2. The van der Waals surface area contributed by atoms with Crippen LogP contribution in [0, 0.1) is 0 Å². The number of piperazine rings is 1. The molecule has 0 atom stereocenters. The summed E-state index contributed by atoms with van der Waals surface area (Å²) < 4.78 is 0. The van der Waals surface area contributed by atoms with Crippen molar-refractivity contribution in [3.8, 4) is 0 Å². The van der Waals surface area contributed by atoms with Crippen LogP contribution in [0.25, 0.3) is 0 Å². The van der Waals surface area contributed by atoms with Crippen molar-refractivity contribution in [1.29, 1.82) is 0 Å². The van der Waals surface area contributed by atoms with E-state index in [4.69, 9.17) is 12.2 Å². The van der Waals surface area contributed by atoms with E-state index in [0.29, 0.717) is 4.99 Å². The van der Waals surface area contributed by atoms with Gasteiger partial charge in [0, 0.05) is 44.6 Å². The van der Waals surface area contributed by atoms with Crippen LogP contribution in [0.5, 0.6) is 0 Å². The smallest absolute Gasteiger partial charge is 0.129 e. The third-order valence-electron chi connectivity index (χ3n) is 4.08. The summed E-state index contributed by atoms with van der Waals surface area (Å²) in [5.41, 5.74) is 3.13. The zero-order chi connectivity index (χ0) is 16.1. The van der Waals surface area contributed by atoms with Gasteiger partial charge >= 0.3 is 0 Å². The second-order valence-electron chi connectivity index (χ2n) is 5.95. The molecule has 0 amide bonds. The first-order valence-electron chi connectivity index (χ1n) is 7.93. The van der Waals surface area contributed by atoms with Crippen molar-refractivity contribution in [1.82, 2.24) is 14.8 Å². The highest BCUT2D eigenvalue weighted by atomic mass is 35.5. The van der Waals surface area contributed by atoms with E-state index in [9.17, 15) is 0 Å². The highest BCUT2D eigenvalue weighted by Gasteiger charge is 2.14. The minimum Gasteiger partial charge on any atom is -0.345 e. The molecule has 7 heteroatoms. The van der Waals surface area contributed by atoms with E-state index in [2.05, 4.69) is 45.3 Å². The normalized spacial score (nSPS) is 14.9. The number of likely N-dealkylation sites (N-methyl/N-ethyl adjacent to an activating group) is 1. The number of benzene rings is 1. The van der Waals surface area contributed by atoms with Crippen LogP contribution >= 0.6 is 37.0 Å². The summed E-state index contributed by atoms with van der Waals surface area (Å²) in [5.74, 6) is 0. The third kappa shape index (κ3) is 6.53. The molecule has 1 fully saturated rings. The quantitative estimate of drug-likeness (QED) is 0.796. The van der Waals surface area contributed by atoms with Crippen molar-refractivity contribution in [2.24, 2.45) is 0 Å². The molecule has 1 aromatic carbocycles. The standard InChI is InChI=1S/C18H22N4S.2ClH/c1-21-9-11-22(12-10-21)14-15-5-4-6-16(13-15)20-18(23)17-7-2-3-8-19-17;;/h2-8,13H,9-12,14H2,1H3,(H,20,23);2*1H. The maximum Gasteiger partial charge on any atom is 0.129 e. The predicted octanol–water partition coefficient (Wildman–Crippen LogP) is 3.46. The Labute approximate surface area is 167 Å². The molecule has 25 heavy (non-hydrogen) atoms. The van der Waals surface area contributed by atoms with Gasteiger partial charge < -0.3 is 10.2 Å². The molecule has 0 bridgehead atoms. The van der Waals surface area contributed by atoms with Gasteiger partial charge in [-0.05, 0) is 36.9 Å². The lowest BCUT2D eigenvalue weighted by Crippen LogP contribution is -2.43. The minimum atomic E-state index is 0. The maximum atomic E-state index is 5.43. The zero-order valence-corrected chi connectivity index (χ0v) is 16.7. The summed E-state index contributed by atoms with van der Waals surface area (Å²) in [5, 5.41) is 3.29. The number of nitrogens with zero attached hydrogens (tertiary/aromatic N) is 3. The van der Waals surface area contributed by atoms with Crippen LogP contribution in [-0.4, -0.2) is 53.0 Å². The van der Waals surface area contributed by atoms with Crippen LogP contribution in [0.4, 0.5) is 5.69 Å². The largest absolute Gasteiger partial charge is 0.345 e. The fraction of sp³-hybridized carbons (Fsp3) is 0.333. The SMILES string of the molecule is CN1CCN(Cc2cccc(NC(=S)c3ccccn3)c2)CC1.Cl.Cl. The number of rotatable bonds is 4. The third-order valence-corrected chi connectivity index (χ3v) is 4.40. The lowest BCUT2D eigenvalue weighted by molar-refractivity contribution is 0.148. The van der Waals surface area contributed by atoms with E-state index in [1.54, 1.807) is 6.20 Å². The van der Waals surface area contributed by atoms with E-state index in [0.717, 1.165) is 44.1 Å². The highest BCUT2D eigenvalue weighted by Crippen LogP contribution is 2.15. The average molecular weight is 399 g/mol. The highest BCUT2D eigenvalue weighted by molar-refractivity contribution is 7.81. The molecule has 4 nitrogen and oxygen atoms in total. The van der Waals surface area contributed by atoms with Crippen molar-refractivity contribution in [3.63, 3.8) is 0 Å². The topological polar surface area (TPSA) is 31.4 Å². The number of thiocarbonyl (C=S) groups is 1. The first kappa shape index (κ1) is 21.8. The second-order valence-corrected chi connectivity index (χ2v) is 6.36. The molecule has 2 aromatic rings. The van der Waals surface area contributed by atoms with Crippen LogP contribution in [0.3, 0.4) is 0 Å². The van der Waals surface area contributed by atoms with Crippen molar-refractivity contribution in [3.05, 3.63) is 59.9 Å². The van der Waals surface area contributed by atoms with Gasteiger partial charge in [0.25, 0.3) is 0 Å². The average Bonchev–Trinajstić information content (AvgIpc) is 2.58. The van der Waals surface area contributed by atoms with Crippen LogP contribution in [-0.2, 0) is 6.54 Å². The van der Waals surface area contributed by atoms with Gasteiger partial charge in [-0.15, -0.1) is 24.8 Å². The van der Waals surface area contributed by atoms with E-state index in [-0.39, 0.29) is 24.8 Å². The number of hydrogen-bond acceptors (Lipinski definition) is 4. The molecule has 0 radical (unpaired) electrons. The van der Waals surface area contributed by atoms with Crippen molar-refractivity contribution in [2.45, 2.75) is 6.54 Å². The fourth-order valence-electron chi connectivity index (χ4n) is 2.70. The fourth-order valence-corrected chi connectivity index (χ4v) is 2.94. The van der Waals surface area contributed by atoms with E-state index in [1.807, 2.05) is 24.3 Å². The lowest BCUT2D eigenvalue weighted by Gasteiger charge is -2.32. The molecule has 1 aromatic heterocycles. The van der Waals surface area contributed by atoms with Crippen LogP contribution in [0.2, 0.25) is 0 Å². The van der Waals surface area contributed by atoms with Gasteiger partial charge in [-0.1, -0.05) is 30.4 Å². The Kier molecular flexibility index (Phi) is 9.32. The van der Waals surface area contributed by atoms with Crippen molar-refractivity contribution in [2.75, 3.05) is 38.5 Å². The molecular formula is C18H24Cl2N4S. The van der Waals surface area contributed by atoms with Gasteiger partial charge in [0.1, 0.15) is 4.99 Å². The van der Waals surface area contributed by atoms with Crippen molar-refractivity contribution < 1.29 is 0 Å². The molecular weight excluding hydrogens is 375 g/mol.